The van der Waals surface area contributed by atoms with E-state index < -0.39 is 23.8 Å². The van der Waals surface area contributed by atoms with E-state index in [2.05, 4.69) is 5.73 Å². The molecule has 19 heavy (non-hydrogen) atoms. The SMILES string of the molecule is CC(=C=CC[C@@H](O)c1ccc(O)c(F)c1)C[C@H](C)O. The number of aliphatic hydroxyl groups excluding tert-OH is 2. The maximum Gasteiger partial charge on any atom is 0.165 e. The zero-order valence-electron chi connectivity index (χ0n) is 11.1. The van der Waals surface area contributed by atoms with Crippen molar-refractivity contribution in [2.75, 3.05) is 0 Å². The van der Waals surface area contributed by atoms with Gasteiger partial charge in [0.2, 0.25) is 0 Å². The summed E-state index contributed by atoms with van der Waals surface area (Å²) in [5.41, 5.74) is 4.26. The van der Waals surface area contributed by atoms with Crippen molar-refractivity contribution in [3.05, 3.63) is 47.0 Å². The molecule has 1 rings (SSSR count). The lowest BCUT2D eigenvalue weighted by Crippen LogP contribution is -1.98. The van der Waals surface area contributed by atoms with E-state index in [1.54, 1.807) is 13.0 Å². The van der Waals surface area contributed by atoms with Crippen molar-refractivity contribution >= 4 is 0 Å². The topological polar surface area (TPSA) is 60.7 Å². The summed E-state index contributed by atoms with van der Waals surface area (Å²) in [4.78, 5) is 0. The first-order valence-corrected chi connectivity index (χ1v) is 6.15. The summed E-state index contributed by atoms with van der Waals surface area (Å²) in [5, 5.41) is 28.1. The third-order valence-electron chi connectivity index (χ3n) is 2.65. The molecule has 3 N–H and O–H groups in total. The summed E-state index contributed by atoms with van der Waals surface area (Å²) in [7, 11) is 0. The molecule has 3 nitrogen and oxygen atoms in total. The zero-order chi connectivity index (χ0) is 14.4. The largest absolute Gasteiger partial charge is 0.505 e. The van der Waals surface area contributed by atoms with Gasteiger partial charge in [-0.05, 0) is 43.2 Å². The number of phenols is 1. The lowest BCUT2D eigenvalue weighted by atomic mass is 10.1. The summed E-state index contributed by atoms with van der Waals surface area (Å²) in [6, 6.07) is 3.80. The highest BCUT2D eigenvalue weighted by atomic mass is 19.1. The third kappa shape index (κ3) is 5.26. The standard InChI is InChI=1S/C15H19FO3/c1-10(8-11(2)17)4-3-5-14(18)12-6-7-15(19)13(16)9-12/h3,6-7,9,11,14,17-19H,5,8H2,1-2H3/t4?,11-,14+/m0/s1. The molecule has 0 aromatic heterocycles. The van der Waals surface area contributed by atoms with Gasteiger partial charge in [0.15, 0.2) is 11.6 Å². The van der Waals surface area contributed by atoms with Crippen molar-refractivity contribution in [3.8, 4) is 5.75 Å². The Kier molecular flexibility index (Phi) is 5.77. The molecule has 1 aromatic rings. The van der Waals surface area contributed by atoms with Crippen LogP contribution in [0, 0.1) is 5.82 Å². The second kappa shape index (κ2) is 7.10. The first-order chi connectivity index (χ1) is 8.90. The van der Waals surface area contributed by atoms with Crippen LogP contribution >= 0.6 is 0 Å². The summed E-state index contributed by atoms with van der Waals surface area (Å²) in [6.07, 6.45) is 1.22. The molecule has 0 amide bonds. The normalized spacial score (nSPS) is 13.5. The molecule has 0 fully saturated rings. The zero-order valence-corrected chi connectivity index (χ0v) is 11.1. The van der Waals surface area contributed by atoms with Gasteiger partial charge in [0.1, 0.15) is 0 Å². The Balaban J connectivity index is 2.67. The highest BCUT2D eigenvalue weighted by Crippen LogP contribution is 2.22. The van der Waals surface area contributed by atoms with E-state index >= 15 is 0 Å². The lowest BCUT2D eigenvalue weighted by molar-refractivity contribution is 0.181. The Morgan fingerprint density at radius 3 is 2.68 bits per heavy atom. The van der Waals surface area contributed by atoms with E-state index in [4.69, 9.17) is 5.11 Å². The second-order valence-electron chi connectivity index (χ2n) is 4.64. The van der Waals surface area contributed by atoms with E-state index in [1.807, 2.05) is 6.92 Å². The number of aliphatic hydroxyl groups is 2. The minimum atomic E-state index is -0.845. The maximum atomic E-state index is 13.1. The molecule has 0 unspecified atom stereocenters. The molecule has 0 saturated carbocycles. The van der Waals surface area contributed by atoms with E-state index in [-0.39, 0.29) is 0 Å². The van der Waals surface area contributed by atoms with Crippen molar-refractivity contribution in [1.82, 2.24) is 0 Å². The highest BCUT2D eigenvalue weighted by Gasteiger charge is 2.08. The average molecular weight is 266 g/mol. The lowest BCUT2D eigenvalue weighted by Gasteiger charge is -2.08. The summed E-state index contributed by atoms with van der Waals surface area (Å²) in [6.45, 7) is 3.54. The van der Waals surface area contributed by atoms with Gasteiger partial charge < -0.3 is 15.3 Å². The molecule has 104 valence electrons. The summed E-state index contributed by atoms with van der Waals surface area (Å²) >= 11 is 0. The van der Waals surface area contributed by atoms with Crippen LogP contribution in [0.5, 0.6) is 5.75 Å². The molecular formula is C15H19FO3. The van der Waals surface area contributed by atoms with Gasteiger partial charge in [-0.3, -0.25) is 0 Å². The molecule has 0 radical (unpaired) electrons. The van der Waals surface area contributed by atoms with E-state index in [0.29, 0.717) is 18.4 Å². The number of halogens is 1. The second-order valence-corrected chi connectivity index (χ2v) is 4.64. The fourth-order valence-electron chi connectivity index (χ4n) is 1.71. The molecule has 1 aromatic carbocycles. The Morgan fingerprint density at radius 1 is 1.42 bits per heavy atom. The number of hydrogen-bond donors (Lipinski definition) is 3. The monoisotopic (exact) mass is 266 g/mol. The molecule has 0 bridgehead atoms. The van der Waals surface area contributed by atoms with E-state index in [1.165, 1.54) is 12.1 Å². The van der Waals surface area contributed by atoms with Gasteiger partial charge in [-0.2, -0.15) is 0 Å². The first kappa shape index (κ1) is 15.4. The van der Waals surface area contributed by atoms with Crippen LogP contribution < -0.4 is 0 Å². The Bertz CT molecular complexity index is 488. The number of aromatic hydroxyl groups is 1. The highest BCUT2D eigenvalue weighted by molar-refractivity contribution is 5.29. The van der Waals surface area contributed by atoms with Crippen LogP contribution in [0.3, 0.4) is 0 Å². The van der Waals surface area contributed by atoms with E-state index in [0.717, 1.165) is 11.6 Å². The van der Waals surface area contributed by atoms with Crippen LogP contribution in [0.2, 0.25) is 0 Å². The van der Waals surface area contributed by atoms with Gasteiger partial charge in [0.05, 0.1) is 12.2 Å². The summed E-state index contributed by atoms with van der Waals surface area (Å²) < 4.78 is 13.1. The molecule has 0 aliphatic carbocycles. The van der Waals surface area contributed by atoms with Crippen molar-refractivity contribution in [2.24, 2.45) is 0 Å². The van der Waals surface area contributed by atoms with Gasteiger partial charge in [0, 0.05) is 12.8 Å². The van der Waals surface area contributed by atoms with Crippen molar-refractivity contribution in [1.29, 1.82) is 0 Å². The number of hydrogen-bond acceptors (Lipinski definition) is 3. The molecular weight excluding hydrogens is 247 g/mol. The van der Waals surface area contributed by atoms with Gasteiger partial charge >= 0.3 is 0 Å². The van der Waals surface area contributed by atoms with Crippen LogP contribution in [0.25, 0.3) is 0 Å². The van der Waals surface area contributed by atoms with Crippen LogP contribution in [-0.2, 0) is 0 Å². The van der Waals surface area contributed by atoms with Crippen LogP contribution in [-0.4, -0.2) is 21.4 Å². The van der Waals surface area contributed by atoms with Crippen molar-refractivity contribution in [3.63, 3.8) is 0 Å². The molecule has 0 saturated heterocycles. The Hall–Kier alpha value is -1.61. The molecule has 4 heteroatoms. The van der Waals surface area contributed by atoms with Crippen LogP contribution in [0.4, 0.5) is 4.39 Å². The van der Waals surface area contributed by atoms with Crippen LogP contribution in [0.1, 0.15) is 38.4 Å². The number of phenolic OH excluding ortho intramolecular Hbond substituents is 1. The van der Waals surface area contributed by atoms with Crippen molar-refractivity contribution < 1.29 is 19.7 Å². The average Bonchev–Trinajstić information content (AvgIpc) is 2.31. The smallest absolute Gasteiger partial charge is 0.165 e. The third-order valence-corrected chi connectivity index (χ3v) is 2.65. The fraction of sp³-hybridized carbons (Fsp3) is 0.400. The molecule has 0 aliphatic rings. The quantitative estimate of drug-likeness (QED) is 0.718. The van der Waals surface area contributed by atoms with E-state index in [9.17, 15) is 14.6 Å². The Morgan fingerprint density at radius 2 is 2.11 bits per heavy atom. The van der Waals surface area contributed by atoms with Gasteiger partial charge in [-0.15, -0.1) is 5.73 Å². The van der Waals surface area contributed by atoms with Crippen LogP contribution in [0.15, 0.2) is 35.6 Å². The predicted molar refractivity (Wildman–Crippen MR) is 71.2 cm³/mol. The van der Waals surface area contributed by atoms with Gasteiger partial charge in [-0.25, -0.2) is 4.39 Å². The van der Waals surface area contributed by atoms with Crippen molar-refractivity contribution in [2.45, 2.75) is 38.9 Å². The molecule has 0 heterocycles. The molecule has 2 atom stereocenters. The molecule has 0 aliphatic heterocycles. The minimum Gasteiger partial charge on any atom is -0.505 e. The van der Waals surface area contributed by atoms with Gasteiger partial charge in [0.25, 0.3) is 0 Å². The Labute approximate surface area is 112 Å². The number of rotatable bonds is 5. The predicted octanol–water partition coefficient (Wildman–Crippen LogP) is 2.83. The van der Waals surface area contributed by atoms with Gasteiger partial charge in [-0.1, -0.05) is 6.07 Å². The first-order valence-electron chi connectivity index (χ1n) is 6.15. The minimum absolute atomic E-state index is 0.293. The summed E-state index contributed by atoms with van der Waals surface area (Å²) in [5.74, 6) is -1.18. The maximum absolute atomic E-state index is 13.1. The fourth-order valence-corrected chi connectivity index (χ4v) is 1.71. The number of benzene rings is 1. The molecule has 0 spiro atoms.